The molecule has 0 atom stereocenters. The lowest BCUT2D eigenvalue weighted by atomic mass is 9.34. The van der Waals surface area contributed by atoms with E-state index in [2.05, 4.69) is 317 Å². The molecule has 2 aliphatic heterocycles. The van der Waals surface area contributed by atoms with Gasteiger partial charge in [0, 0.05) is 43.1 Å². The minimum atomic E-state index is -0.213. The summed E-state index contributed by atoms with van der Waals surface area (Å²) < 4.78 is 11.0. The van der Waals surface area contributed by atoms with Gasteiger partial charge in [0.15, 0.2) is 0 Å². The lowest BCUT2D eigenvalue weighted by Gasteiger charge is -2.37. The molecule has 4 nitrogen and oxygen atoms in total. The van der Waals surface area contributed by atoms with Crippen molar-refractivity contribution >= 4 is 153 Å². The van der Waals surface area contributed by atoms with E-state index in [-0.39, 0.29) is 28.4 Å². The number of aryl methyl sites for hydroxylation is 4. The van der Waals surface area contributed by atoms with Crippen LogP contribution in [0.4, 0.5) is 0 Å². The molecule has 0 saturated heterocycles. The summed E-state index contributed by atoms with van der Waals surface area (Å²) in [6.07, 6.45) is 0. The molecule has 0 spiro atoms. The van der Waals surface area contributed by atoms with Crippen molar-refractivity contribution in [3.05, 3.63) is 233 Å². The second kappa shape index (κ2) is 18.5. The topological polar surface area (TPSA) is 19.7 Å². The SMILES string of the molecule is Cc1ccc2c(ccc3c2c2c4ccc(C)cc4cc4c2n3-c2c(-n3c5ccc(C(C)(C)C)cc5c5cc(C(C)(C)C)ccc53)cc(-n3c5ccc(C(C)(C)C)cc5c5cc(C(C)(C)C)ccc53)c3c2B4c2cc4cc(C)ccc4c4c5c6ccc(C)cc6ccc5n-3c24)c1. The highest BCUT2D eigenvalue weighted by atomic mass is 15.1. The van der Waals surface area contributed by atoms with Gasteiger partial charge in [-0.1, -0.05) is 227 Å². The third-order valence-electron chi connectivity index (χ3n) is 22.4. The number of benzene rings is 13. The number of aromatic nitrogens is 4. The van der Waals surface area contributed by atoms with Gasteiger partial charge in [-0.3, -0.25) is 0 Å². The van der Waals surface area contributed by atoms with E-state index in [1.54, 1.807) is 0 Å². The lowest BCUT2D eigenvalue weighted by Crippen LogP contribution is -2.60. The largest absolute Gasteiger partial charge is 0.308 e. The van der Waals surface area contributed by atoms with Gasteiger partial charge < -0.3 is 18.3 Å². The standard InChI is InChI=1S/C90H79BN4/c1-48-17-27-60-52(37-48)21-31-74-78(60)80-62-29-19-50(3)39-54(62)41-68-83(80)94(74)85-76(92-70-33-23-56(87(5,6)7)43-64(70)65-44-57(88(8,9)10)24-34-71(65)92)47-77(93-72-35-25-58(89(11,12)13)45-66(72)67-46-59(90(14,15)16)26-36-73(67)93)86-82(85)91(68)69-42-55-40-51(4)20-30-63(55)81-79-61-28-18-49(2)38-53(61)22-32-75(79)95(86)84(69)81/h17-47H,1-16H3. The lowest BCUT2D eigenvalue weighted by molar-refractivity contribution is 0.590. The van der Waals surface area contributed by atoms with Crippen molar-refractivity contribution in [2.24, 2.45) is 0 Å². The number of rotatable bonds is 2. The Morgan fingerprint density at radius 3 is 0.863 bits per heavy atom. The molecule has 0 amide bonds. The first-order chi connectivity index (χ1) is 45.3. The Balaban J connectivity index is 1.13. The summed E-state index contributed by atoms with van der Waals surface area (Å²) in [6, 6.07) is 76.0. The van der Waals surface area contributed by atoms with Crippen molar-refractivity contribution < 1.29 is 0 Å². The highest BCUT2D eigenvalue weighted by Gasteiger charge is 2.46. The summed E-state index contributed by atoms with van der Waals surface area (Å²) in [5, 5.41) is 20.6. The van der Waals surface area contributed by atoms with Crippen LogP contribution in [-0.4, -0.2) is 25.0 Å². The second-order valence-electron chi connectivity index (χ2n) is 32.9. The molecule has 4 aromatic heterocycles. The molecule has 0 bridgehead atoms. The maximum Gasteiger partial charge on any atom is 0.252 e. The minimum Gasteiger partial charge on any atom is -0.308 e. The summed E-state index contributed by atoms with van der Waals surface area (Å²) in [7, 11) is 0. The van der Waals surface area contributed by atoms with E-state index in [9.17, 15) is 0 Å². The van der Waals surface area contributed by atoms with Crippen LogP contribution in [0.15, 0.2) is 188 Å². The number of nitrogens with zero attached hydrogens (tertiary/aromatic N) is 4. The molecule has 0 unspecified atom stereocenters. The van der Waals surface area contributed by atoms with Crippen LogP contribution in [0.5, 0.6) is 0 Å². The second-order valence-corrected chi connectivity index (χ2v) is 32.9. The van der Waals surface area contributed by atoms with E-state index in [0.717, 1.165) is 11.4 Å². The maximum atomic E-state index is 2.78. The Bertz CT molecular complexity index is 5890. The van der Waals surface area contributed by atoms with Gasteiger partial charge in [-0.05, 0) is 198 Å². The third kappa shape index (κ3) is 7.67. The van der Waals surface area contributed by atoms with E-state index in [0.29, 0.717) is 0 Å². The van der Waals surface area contributed by atoms with E-state index < -0.39 is 0 Å². The molecule has 0 saturated carbocycles. The fourth-order valence-electron chi connectivity index (χ4n) is 17.6. The van der Waals surface area contributed by atoms with Crippen LogP contribution >= 0.6 is 0 Å². The van der Waals surface area contributed by atoms with Crippen molar-refractivity contribution in [2.75, 3.05) is 0 Å². The highest BCUT2D eigenvalue weighted by molar-refractivity contribution is 7.01. The summed E-state index contributed by atoms with van der Waals surface area (Å²) in [6.45, 7) is 37.1. The Labute approximate surface area is 556 Å². The Kier molecular flexibility index (Phi) is 11.1. The summed E-state index contributed by atoms with van der Waals surface area (Å²) in [5.41, 5.74) is 28.6. The van der Waals surface area contributed by atoms with E-state index in [1.807, 2.05) is 0 Å². The number of hydrogen-bond donors (Lipinski definition) is 0. The Morgan fingerprint density at radius 2 is 0.547 bits per heavy atom. The van der Waals surface area contributed by atoms with Gasteiger partial charge in [0.1, 0.15) is 0 Å². The van der Waals surface area contributed by atoms with Crippen LogP contribution in [0.25, 0.3) is 153 Å². The zero-order valence-corrected chi connectivity index (χ0v) is 57.8. The normalized spacial score (nSPS) is 13.7. The molecular formula is C90H79BN4. The highest BCUT2D eigenvalue weighted by Crippen LogP contribution is 2.51. The first-order valence-corrected chi connectivity index (χ1v) is 34.5. The molecule has 0 fully saturated rings. The van der Waals surface area contributed by atoms with Crippen molar-refractivity contribution in [3.63, 3.8) is 0 Å². The average Bonchev–Trinajstić information content (AvgIpc) is 1.55. The summed E-state index contributed by atoms with van der Waals surface area (Å²) in [4.78, 5) is 0. The van der Waals surface area contributed by atoms with Gasteiger partial charge in [0.25, 0.3) is 6.71 Å². The summed E-state index contributed by atoms with van der Waals surface area (Å²) in [5.74, 6) is 0. The molecule has 95 heavy (non-hydrogen) atoms. The molecular weight excluding hydrogens is 1150 g/mol. The quantitative estimate of drug-likeness (QED) is 0.154. The smallest absolute Gasteiger partial charge is 0.252 e. The molecule has 13 aromatic carbocycles. The molecule has 462 valence electrons. The van der Waals surface area contributed by atoms with Crippen molar-refractivity contribution in [1.82, 2.24) is 18.3 Å². The zero-order chi connectivity index (χ0) is 65.3. The van der Waals surface area contributed by atoms with E-state index >= 15 is 0 Å². The van der Waals surface area contributed by atoms with Crippen molar-refractivity contribution in [3.8, 4) is 22.7 Å². The number of hydrogen-bond acceptors (Lipinski definition) is 0. The molecule has 0 aliphatic carbocycles. The molecule has 0 radical (unpaired) electrons. The molecule has 2 aliphatic rings. The van der Waals surface area contributed by atoms with E-state index in [4.69, 9.17) is 0 Å². The third-order valence-corrected chi connectivity index (χ3v) is 22.4. The van der Waals surface area contributed by atoms with Gasteiger partial charge in [-0.25, -0.2) is 0 Å². The minimum absolute atomic E-state index is 0.0775. The number of fused-ring (bicyclic) bond motifs is 24. The van der Waals surface area contributed by atoms with Gasteiger partial charge in [-0.2, -0.15) is 0 Å². The van der Waals surface area contributed by atoms with Crippen LogP contribution in [0.3, 0.4) is 0 Å². The van der Waals surface area contributed by atoms with Crippen LogP contribution < -0.4 is 16.4 Å². The van der Waals surface area contributed by atoms with Crippen molar-refractivity contribution in [1.29, 1.82) is 0 Å². The first-order valence-electron chi connectivity index (χ1n) is 34.5. The Morgan fingerprint density at radius 1 is 0.253 bits per heavy atom. The molecule has 6 heterocycles. The van der Waals surface area contributed by atoms with Gasteiger partial charge >= 0.3 is 0 Å². The van der Waals surface area contributed by atoms with Crippen LogP contribution in [-0.2, 0) is 21.7 Å². The summed E-state index contributed by atoms with van der Waals surface area (Å²) >= 11 is 0. The van der Waals surface area contributed by atoms with Crippen LogP contribution in [0.1, 0.15) is 128 Å². The fraction of sp³-hybridized carbons (Fsp3) is 0.222. The first kappa shape index (κ1) is 56.7. The average molecular weight is 1230 g/mol. The van der Waals surface area contributed by atoms with Crippen LogP contribution in [0, 0.1) is 27.7 Å². The molecule has 0 N–H and O–H groups in total. The Hall–Kier alpha value is -9.84. The molecule has 19 rings (SSSR count). The predicted molar refractivity (Wildman–Crippen MR) is 412 cm³/mol. The van der Waals surface area contributed by atoms with Gasteiger partial charge in [0.05, 0.1) is 66.9 Å². The maximum absolute atomic E-state index is 2.78. The van der Waals surface area contributed by atoms with Crippen molar-refractivity contribution in [2.45, 2.75) is 132 Å². The monoisotopic (exact) mass is 1230 g/mol. The zero-order valence-electron chi connectivity index (χ0n) is 57.8. The van der Waals surface area contributed by atoms with Gasteiger partial charge in [-0.15, -0.1) is 0 Å². The van der Waals surface area contributed by atoms with E-state index in [1.165, 1.54) is 203 Å². The molecule has 17 aromatic rings. The molecule has 5 heteroatoms. The fourth-order valence-corrected chi connectivity index (χ4v) is 17.6. The predicted octanol–water partition coefficient (Wildman–Crippen LogP) is 22.3. The van der Waals surface area contributed by atoms with Crippen LogP contribution in [0.2, 0.25) is 0 Å². The van der Waals surface area contributed by atoms with Gasteiger partial charge in [0.2, 0.25) is 0 Å².